The first kappa shape index (κ1) is 33.3. The number of allylic oxidation sites excluding steroid dienone is 4. The van der Waals surface area contributed by atoms with Crippen molar-refractivity contribution in [3.63, 3.8) is 0 Å². The number of halogens is 1. The van der Waals surface area contributed by atoms with Gasteiger partial charge in [-0.1, -0.05) is 75.7 Å². The van der Waals surface area contributed by atoms with E-state index >= 15 is 0 Å². The zero-order chi connectivity index (χ0) is 33.7. The van der Waals surface area contributed by atoms with Gasteiger partial charge in [-0.25, -0.2) is 0 Å². The standard InChI is InChI=1S/C40H46ClNO5/c1-8-46-34-18-26(17-29(41)38(34)47-23-28-24(2)13-14-25-11-9-10-12-27(25)28)35-36-30(19-39(3,4)21-32(36)43)42(15-16-45-7)31-20-40(5,6)22-33(44)37(31)35/h9-14,17-18,35H,8,15-16,19-23H2,1-7H3. The maximum Gasteiger partial charge on any atom is 0.180 e. The third-order valence-corrected chi connectivity index (χ3v) is 10.1. The number of carbonyl (C=O) groups excluding carboxylic acids is 2. The molecule has 6 rings (SSSR count). The summed E-state index contributed by atoms with van der Waals surface area (Å²) in [4.78, 5) is 30.6. The van der Waals surface area contributed by atoms with E-state index in [0.717, 1.165) is 51.7 Å². The fraction of sp³-hybridized carbons (Fsp3) is 0.450. The Labute approximate surface area is 283 Å². The van der Waals surface area contributed by atoms with Crippen LogP contribution < -0.4 is 9.47 Å². The highest BCUT2D eigenvalue weighted by molar-refractivity contribution is 6.32. The van der Waals surface area contributed by atoms with E-state index in [4.69, 9.17) is 25.8 Å². The van der Waals surface area contributed by atoms with Crippen LogP contribution >= 0.6 is 11.6 Å². The number of carbonyl (C=O) groups is 2. The number of ether oxygens (including phenoxy) is 3. The van der Waals surface area contributed by atoms with Crippen molar-refractivity contribution in [3.8, 4) is 11.5 Å². The van der Waals surface area contributed by atoms with Crippen LogP contribution in [-0.4, -0.2) is 43.3 Å². The number of rotatable bonds is 9. The van der Waals surface area contributed by atoms with Crippen molar-refractivity contribution in [1.82, 2.24) is 4.90 Å². The molecule has 1 heterocycles. The number of ketones is 2. The first-order chi connectivity index (χ1) is 22.3. The van der Waals surface area contributed by atoms with Crippen LogP contribution in [0, 0.1) is 17.8 Å². The van der Waals surface area contributed by atoms with E-state index < -0.39 is 5.92 Å². The summed E-state index contributed by atoms with van der Waals surface area (Å²) in [5.41, 5.74) is 5.98. The second-order valence-electron chi connectivity index (χ2n) is 14.8. The normalized spacial score (nSPS) is 19.3. The van der Waals surface area contributed by atoms with Crippen molar-refractivity contribution in [1.29, 1.82) is 0 Å². The SMILES string of the molecule is CCOc1cc(C2C3=C(CC(C)(C)CC3=O)N(CCOC)C3=C2C(=O)CC(C)(C)C3)cc(Cl)c1OCc1c(C)ccc2ccccc12. The molecule has 0 saturated carbocycles. The van der Waals surface area contributed by atoms with E-state index in [2.05, 4.69) is 63.8 Å². The highest BCUT2D eigenvalue weighted by Gasteiger charge is 2.49. The van der Waals surface area contributed by atoms with Crippen molar-refractivity contribution < 1.29 is 23.8 Å². The summed E-state index contributed by atoms with van der Waals surface area (Å²) in [6, 6.07) is 16.3. The van der Waals surface area contributed by atoms with Gasteiger partial charge in [-0.3, -0.25) is 9.59 Å². The highest BCUT2D eigenvalue weighted by atomic mass is 35.5. The second kappa shape index (κ2) is 12.8. The fourth-order valence-corrected chi connectivity index (χ4v) is 8.05. The van der Waals surface area contributed by atoms with Gasteiger partial charge >= 0.3 is 0 Å². The summed E-state index contributed by atoms with van der Waals surface area (Å²) in [5, 5.41) is 2.67. The predicted molar refractivity (Wildman–Crippen MR) is 187 cm³/mol. The third-order valence-electron chi connectivity index (χ3n) is 9.84. The molecule has 0 amide bonds. The van der Waals surface area contributed by atoms with Crippen molar-refractivity contribution in [2.45, 2.75) is 79.8 Å². The fourth-order valence-electron chi connectivity index (χ4n) is 7.77. The largest absolute Gasteiger partial charge is 0.490 e. The first-order valence-corrected chi connectivity index (χ1v) is 17.1. The topological polar surface area (TPSA) is 65.1 Å². The molecule has 0 saturated heterocycles. The van der Waals surface area contributed by atoms with E-state index in [1.165, 1.54) is 0 Å². The molecule has 248 valence electrons. The molecular weight excluding hydrogens is 610 g/mol. The third kappa shape index (κ3) is 6.35. The van der Waals surface area contributed by atoms with Gasteiger partial charge in [-0.05, 0) is 71.6 Å². The van der Waals surface area contributed by atoms with Gasteiger partial charge in [0.05, 0.1) is 18.2 Å². The van der Waals surface area contributed by atoms with Crippen LogP contribution in [0.5, 0.6) is 11.5 Å². The highest BCUT2D eigenvalue weighted by Crippen LogP contribution is 2.55. The zero-order valence-electron chi connectivity index (χ0n) is 28.7. The molecule has 0 bridgehead atoms. The van der Waals surface area contributed by atoms with Crippen LogP contribution in [0.25, 0.3) is 10.8 Å². The molecule has 0 aromatic heterocycles. The van der Waals surface area contributed by atoms with Crippen LogP contribution in [0.15, 0.2) is 71.1 Å². The van der Waals surface area contributed by atoms with Crippen molar-refractivity contribution >= 4 is 33.9 Å². The minimum absolute atomic E-state index is 0.0775. The molecule has 3 aromatic rings. The van der Waals surface area contributed by atoms with Gasteiger partial charge in [0.25, 0.3) is 0 Å². The van der Waals surface area contributed by atoms with E-state index in [9.17, 15) is 9.59 Å². The lowest BCUT2D eigenvalue weighted by Gasteiger charge is -2.49. The Kier molecular flexibility index (Phi) is 9.05. The Morgan fingerprint density at radius 2 is 1.51 bits per heavy atom. The first-order valence-electron chi connectivity index (χ1n) is 16.7. The van der Waals surface area contributed by atoms with Crippen LogP contribution in [-0.2, 0) is 20.9 Å². The molecule has 1 aliphatic heterocycles. The maximum absolute atomic E-state index is 14.2. The average molecular weight is 656 g/mol. The van der Waals surface area contributed by atoms with Gasteiger partial charge in [0.15, 0.2) is 23.1 Å². The van der Waals surface area contributed by atoms with Crippen molar-refractivity contribution in [3.05, 3.63) is 92.8 Å². The summed E-state index contributed by atoms with van der Waals surface area (Å²) in [6.45, 7) is 14.4. The number of Topliss-reactive ketones (excluding diaryl/α,β-unsaturated/α-hetero) is 2. The monoisotopic (exact) mass is 655 g/mol. The summed E-state index contributed by atoms with van der Waals surface area (Å²) < 4.78 is 18.2. The summed E-state index contributed by atoms with van der Waals surface area (Å²) in [7, 11) is 1.69. The quantitative estimate of drug-likeness (QED) is 0.229. The lowest BCUT2D eigenvalue weighted by molar-refractivity contribution is -0.119. The van der Waals surface area contributed by atoms with Crippen LogP contribution in [0.4, 0.5) is 0 Å². The number of methoxy groups -OCH3 is 1. The molecule has 0 radical (unpaired) electrons. The molecule has 6 nitrogen and oxygen atoms in total. The van der Waals surface area contributed by atoms with Gasteiger partial charge in [0.2, 0.25) is 0 Å². The summed E-state index contributed by atoms with van der Waals surface area (Å²) in [5.74, 6) is 0.586. The molecule has 47 heavy (non-hydrogen) atoms. The number of fused-ring (bicyclic) bond motifs is 1. The summed E-state index contributed by atoms with van der Waals surface area (Å²) in [6.07, 6.45) is 2.30. The average Bonchev–Trinajstić information content (AvgIpc) is 2.99. The van der Waals surface area contributed by atoms with E-state index in [1.807, 2.05) is 31.2 Å². The molecule has 3 aromatic carbocycles. The number of benzene rings is 3. The molecule has 0 unspecified atom stereocenters. The number of aryl methyl sites for hydroxylation is 1. The van der Waals surface area contributed by atoms with Crippen molar-refractivity contribution in [2.75, 3.05) is 26.9 Å². The van der Waals surface area contributed by atoms with Crippen LogP contribution in [0.3, 0.4) is 0 Å². The predicted octanol–water partition coefficient (Wildman–Crippen LogP) is 9.11. The second-order valence-corrected chi connectivity index (χ2v) is 15.2. The minimum Gasteiger partial charge on any atom is -0.490 e. The van der Waals surface area contributed by atoms with Crippen LogP contribution in [0.2, 0.25) is 5.02 Å². The molecule has 0 spiro atoms. The Hall–Kier alpha value is -3.61. The van der Waals surface area contributed by atoms with Gasteiger partial charge in [-0.2, -0.15) is 0 Å². The Morgan fingerprint density at radius 3 is 2.13 bits per heavy atom. The Morgan fingerprint density at radius 1 is 0.872 bits per heavy atom. The molecule has 2 aliphatic carbocycles. The summed E-state index contributed by atoms with van der Waals surface area (Å²) >= 11 is 7.09. The molecule has 0 fully saturated rings. The molecule has 0 atom stereocenters. The molecule has 7 heteroatoms. The van der Waals surface area contributed by atoms with Crippen LogP contribution in [0.1, 0.15) is 82.9 Å². The number of hydrogen-bond donors (Lipinski definition) is 0. The van der Waals surface area contributed by atoms with E-state index in [-0.39, 0.29) is 22.4 Å². The lowest BCUT2D eigenvalue weighted by Crippen LogP contribution is -2.45. The molecule has 3 aliphatic rings. The molecular formula is C40H46ClNO5. The van der Waals surface area contributed by atoms with Gasteiger partial charge in [0, 0.05) is 60.5 Å². The number of hydrogen-bond acceptors (Lipinski definition) is 6. The van der Waals surface area contributed by atoms with Gasteiger partial charge in [0.1, 0.15) is 6.61 Å². The van der Waals surface area contributed by atoms with E-state index in [1.54, 1.807) is 7.11 Å². The lowest BCUT2D eigenvalue weighted by atomic mass is 9.63. The van der Waals surface area contributed by atoms with Gasteiger partial charge < -0.3 is 19.1 Å². The smallest absolute Gasteiger partial charge is 0.180 e. The zero-order valence-corrected chi connectivity index (χ0v) is 29.5. The maximum atomic E-state index is 14.2. The Bertz CT molecular complexity index is 1760. The number of nitrogens with zero attached hydrogens (tertiary/aromatic N) is 1. The molecule has 0 N–H and O–H groups in total. The minimum atomic E-state index is -0.530. The van der Waals surface area contributed by atoms with E-state index in [0.29, 0.717) is 66.9 Å². The van der Waals surface area contributed by atoms with Crippen molar-refractivity contribution in [2.24, 2.45) is 10.8 Å². The van der Waals surface area contributed by atoms with Gasteiger partial charge in [-0.15, -0.1) is 0 Å². The Balaban J connectivity index is 1.49.